The quantitative estimate of drug-likeness (QED) is 0.871. The Balaban J connectivity index is 1.99. The molecule has 0 amide bonds. The van der Waals surface area contributed by atoms with E-state index < -0.39 is 0 Å². The molecule has 0 aliphatic heterocycles. The van der Waals surface area contributed by atoms with Crippen LogP contribution in [0.2, 0.25) is 5.02 Å². The Morgan fingerprint density at radius 1 is 1.11 bits per heavy atom. The maximum atomic E-state index is 6.20. The van der Waals surface area contributed by atoms with Gasteiger partial charge in [0.2, 0.25) is 0 Å². The highest BCUT2D eigenvalue weighted by Crippen LogP contribution is 2.22. The van der Waals surface area contributed by atoms with Gasteiger partial charge in [0.25, 0.3) is 0 Å². The Kier molecular flexibility index (Phi) is 4.40. The van der Waals surface area contributed by atoms with Crippen LogP contribution < -0.4 is 5.73 Å². The molecule has 0 saturated heterocycles. The third-order valence-corrected chi connectivity index (χ3v) is 3.62. The van der Waals surface area contributed by atoms with Crippen molar-refractivity contribution in [2.45, 2.75) is 25.8 Å². The smallest absolute Gasteiger partial charge is 0.0438 e. The second-order valence-corrected chi connectivity index (χ2v) is 5.05. The zero-order valence-electron chi connectivity index (χ0n) is 10.6. The van der Waals surface area contributed by atoms with Gasteiger partial charge < -0.3 is 5.73 Å². The van der Waals surface area contributed by atoms with Crippen LogP contribution >= 0.6 is 11.6 Å². The Morgan fingerprint density at radius 2 is 1.83 bits per heavy atom. The number of halogens is 1. The molecule has 1 nitrogen and oxygen atoms in total. The lowest BCUT2D eigenvalue weighted by atomic mass is 9.99. The highest BCUT2D eigenvalue weighted by Gasteiger charge is 2.07. The van der Waals surface area contributed by atoms with Gasteiger partial charge in [-0.3, -0.25) is 0 Å². The van der Waals surface area contributed by atoms with Gasteiger partial charge in [-0.25, -0.2) is 0 Å². The first-order valence-electron chi connectivity index (χ1n) is 6.22. The average molecular weight is 260 g/mol. The van der Waals surface area contributed by atoms with Crippen molar-refractivity contribution in [2.75, 3.05) is 0 Å². The fraction of sp³-hybridized carbons (Fsp3) is 0.250. The molecule has 0 spiro atoms. The van der Waals surface area contributed by atoms with Gasteiger partial charge in [0, 0.05) is 11.1 Å². The van der Waals surface area contributed by atoms with Crippen LogP contribution in [0.15, 0.2) is 48.5 Å². The van der Waals surface area contributed by atoms with Gasteiger partial charge in [-0.1, -0.05) is 54.1 Å². The summed E-state index contributed by atoms with van der Waals surface area (Å²) in [6.07, 6.45) is 1.93. The number of aryl methyl sites for hydroxylation is 2. The van der Waals surface area contributed by atoms with Crippen LogP contribution in [0.25, 0.3) is 0 Å². The lowest BCUT2D eigenvalue weighted by Crippen LogP contribution is -2.11. The molecule has 2 rings (SSSR count). The fourth-order valence-electron chi connectivity index (χ4n) is 1.97. The van der Waals surface area contributed by atoms with Gasteiger partial charge in [-0.15, -0.1) is 0 Å². The summed E-state index contributed by atoms with van der Waals surface area (Å²) in [4.78, 5) is 0. The van der Waals surface area contributed by atoms with Gasteiger partial charge in [0.05, 0.1) is 0 Å². The topological polar surface area (TPSA) is 26.0 Å². The molecule has 2 N–H and O–H groups in total. The average Bonchev–Trinajstić information content (AvgIpc) is 2.40. The summed E-state index contributed by atoms with van der Waals surface area (Å²) < 4.78 is 0. The van der Waals surface area contributed by atoms with Crippen LogP contribution in [0.5, 0.6) is 0 Å². The summed E-state index contributed by atoms with van der Waals surface area (Å²) in [6, 6.07) is 16.5. The second-order valence-electron chi connectivity index (χ2n) is 4.64. The first-order chi connectivity index (χ1) is 8.66. The van der Waals surface area contributed by atoms with Gasteiger partial charge >= 0.3 is 0 Å². The molecular weight excluding hydrogens is 242 g/mol. The fourth-order valence-corrected chi connectivity index (χ4v) is 2.16. The number of hydrogen-bond donors (Lipinski definition) is 1. The lowest BCUT2D eigenvalue weighted by Gasteiger charge is -2.13. The zero-order chi connectivity index (χ0) is 13.0. The standard InChI is InChI=1S/C16H18ClN/c1-12-7-9-14(11-15(12)17)16(18)10-8-13-5-3-2-4-6-13/h2-7,9,11,16H,8,10,18H2,1H3. The first-order valence-corrected chi connectivity index (χ1v) is 6.60. The molecule has 1 unspecified atom stereocenters. The third kappa shape index (κ3) is 3.34. The van der Waals surface area contributed by atoms with E-state index in [-0.39, 0.29) is 6.04 Å². The highest BCUT2D eigenvalue weighted by atomic mass is 35.5. The van der Waals surface area contributed by atoms with Crippen LogP contribution in [0, 0.1) is 6.92 Å². The van der Waals surface area contributed by atoms with Crippen molar-refractivity contribution < 1.29 is 0 Å². The monoisotopic (exact) mass is 259 g/mol. The summed E-state index contributed by atoms with van der Waals surface area (Å²) in [6.45, 7) is 2.00. The number of hydrogen-bond acceptors (Lipinski definition) is 1. The van der Waals surface area contributed by atoms with E-state index in [4.69, 9.17) is 17.3 Å². The van der Waals surface area contributed by atoms with Gasteiger partial charge in [-0.05, 0) is 42.5 Å². The Labute approximate surface area is 114 Å². The number of benzene rings is 2. The molecule has 2 heteroatoms. The van der Waals surface area contributed by atoms with Gasteiger partial charge in [0.1, 0.15) is 0 Å². The van der Waals surface area contributed by atoms with Crippen molar-refractivity contribution >= 4 is 11.6 Å². The molecule has 0 radical (unpaired) electrons. The summed E-state index contributed by atoms with van der Waals surface area (Å²) in [5.41, 5.74) is 9.73. The SMILES string of the molecule is Cc1ccc(C(N)CCc2ccccc2)cc1Cl. The minimum atomic E-state index is 0.0447. The van der Waals surface area contributed by atoms with Crippen molar-refractivity contribution in [2.24, 2.45) is 5.73 Å². The van der Waals surface area contributed by atoms with Crippen LogP contribution in [-0.4, -0.2) is 0 Å². The van der Waals surface area contributed by atoms with E-state index in [0.29, 0.717) is 0 Å². The minimum absolute atomic E-state index is 0.0447. The zero-order valence-corrected chi connectivity index (χ0v) is 11.3. The molecule has 0 aliphatic carbocycles. The van der Waals surface area contributed by atoms with Crippen molar-refractivity contribution in [3.8, 4) is 0 Å². The largest absolute Gasteiger partial charge is 0.324 e. The maximum absolute atomic E-state index is 6.20. The molecule has 2 aromatic rings. The van der Waals surface area contributed by atoms with E-state index in [1.807, 2.05) is 25.1 Å². The van der Waals surface area contributed by atoms with Crippen molar-refractivity contribution in [3.63, 3.8) is 0 Å². The summed E-state index contributed by atoms with van der Waals surface area (Å²) in [7, 11) is 0. The van der Waals surface area contributed by atoms with Crippen LogP contribution in [-0.2, 0) is 6.42 Å². The molecule has 94 valence electrons. The highest BCUT2D eigenvalue weighted by molar-refractivity contribution is 6.31. The molecule has 0 aliphatic rings. The van der Waals surface area contributed by atoms with Gasteiger partial charge in [-0.2, -0.15) is 0 Å². The Bertz CT molecular complexity index is 508. The molecule has 0 saturated carbocycles. The summed E-state index contributed by atoms with van der Waals surface area (Å²) >= 11 is 6.12. The van der Waals surface area contributed by atoms with Crippen molar-refractivity contribution in [3.05, 3.63) is 70.2 Å². The van der Waals surface area contributed by atoms with Crippen molar-refractivity contribution in [1.82, 2.24) is 0 Å². The van der Waals surface area contributed by atoms with E-state index in [2.05, 4.69) is 30.3 Å². The second kappa shape index (κ2) is 6.03. The Hall–Kier alpha value is -1.31. The number of rotatable bonds is 4. The molecule has 0 bridgehead atoms. The summed E-state index contributed by atoms with van der Waals surface area (Å²) in [5.74, 6) is 0. The number of nitrogens with two attached hydrogens (primary N) is 1. The maximum Gasteiger partial charge on any atom is 0.0438 e. The first kappa shape index (κ1) is 13.1. The van der Waals surface area contributed by atoms with Crippen LogP contribution in [0.1, 0.15) is 29.2 Å². The van der Waals surface area contributed by atoms with E-state index in [1.165, 1.54) is 5.56 Å². The van der Waals surface area contributed by atoms with E-state index >= 15 is 0 Å². The minimum Gasteiger partial charge on any atom is -0.324 e. The van der Waals surface area contributed by atoms with Crippen LogP contribution in [0.3, 0.4) is 0 Å². The van der Waals surface area contributed by atoms with Crippen molar-refractivity contribution in [1.29, 1.82) is 0 Å². The Morgan fingerprint density at radius 3 is 2.50 bits per heavy atom. The third-order valence-electron chi connectivity index (χ3n) is 3.21. The molecule has 0 aromatic heterocycles. The van der Waals surface area contributed by atoms with Gasteiger partial charge in [0.15, 0.2) is 0 Å². The molecule has 0 fully saturated rings. The van der Waals surface area contributed by atoms with E-state index in [0.717, 1.165) is 29.0 Å². The molecular formula is C16H18ClN. The summed E-state index contributed by atoms with van der Waals surface area (Å²) in [5, 5.41) is 0.794. The van der Waals surface area contributed by atoms with E-state index in [1.54, 1.807) is 0 Å². The van der Waals surface area contributed by atoms with E-state index in [9.17, 15) is 0 Å². The predicted molar refractivity (Wildman–Crippen MR) is 77.9 cm³/mol. The predicted octanol–water partition coefficient (Wildman–Crippen LogP) is 4.28. The molecule has 18 heavy (non-hydrogen) atoms. The molecule has 2 aromatic carbocycles. The molecule has 1 atom stereocenters. The normalized spacial score (nSPS) is 12.4. The lowest BCUT2D eigenvalue weighted by molar-refractivity contribution is 0.651. The molecule has 0 heterocycles. The van der Waals surface area contributed by atoms with Crippen LogP contribution in [0.4, 0.5) is 0 Å².